The summed E-state index contributed by atoms with van der Waals surface area (Å²) < 4.78 is 0. The first-order chi connectivity index (χ1) is 10.1. The van der Waals surface area contributed by atoms with Crippen molar-refractivity contribution in [2.24, 2.45) is 5.92 Å². The molecule has 2 aliphatic heterocycles. The van der Waals surface area contributed by atoms with Crippen LogP contribution in [0.4, 0.5) is 0 Å². The highest BCUT2D eigenvalue weighted by atomic mass is 16.2. The molecule has 2 heterocycles. The molecule has 0 aromatic carbocycles. The van der Waals surface area contributed by atoms with E-state index in [1.54, 1.807) is 0 Å². The maximum absolute atomic E-state index is 13.0. The molecule has 3 aliphatic rings. The van der Waals surface area contributed by atoms with Crippen molar-refractivity contribution in [3.8, 4) is 0 Å². The first-order valence-corrected chi connectivity index (χ1v) is 8.74. The number of hydrogen-bond acceptors (Lipinski definition) is 2. The Morgan fingerprint density at radius 2 is 1.57 bits per heavy atom. The molecule has 4 nitrogen and oxygen atoms in total. The Labute approximate surface area is 127 Å². The number of amides is 2. The summed E-state index contributed by atoms with van der Waals surface area (Å²) in [5.74, 6) is 0.639. The summed E-state index contributed by atoms with van der Waals surface area (Å²) in [4.78, 5) is 29.8. The molecule has 0 bridgehead atoms. The van der Waals surface area contributed by atoms with Gasteiger partial charge in [0.25, 0.3) is 0 Å². The van der Waals surface area contributed by atoms with Gasteiger partial charge in [0, 0.05) is 12.6 Å². The average molecular weight is 292 g/mol. The van der Waals surface area contributed by atoms with Gasteiger partial charge in [-0.05, 0) is 31.6 Å². The van der Waals surface area contributed by atoms with Crippen molar-refractivity contribution in [1.29, 1.82) is 0 Å². The highest BCUT2D eigenvalue weighted by Crippen LogP contribution is 2.34. The van der Waals surface area contributed by atoms with E-state index >= 15 is 0 Å². The minimum atomic E-state index is -0.227. The van der Waals surface area contributed by atoms with Crippen molar-refractivity contribution in [2.45, 2.75) is 83.3 Å². The Hall–Kier alpha value is -1.06. The lowest BCUT2D eigenvalue weighted by Gasteiger charge is -2.47. The van der Waals surface area contributed by atoms with Gasteiger partial charge < -0.3 is 9.80 Å². The van der Waals surface area contributed by atoms with E-state index < -0.39 is 0 Å². The number of carbonyl (C=O) groups is 2. The highest BCUT2D eigenvalue weighted by Gasteiger charge is 2.50. The quantitative estimate of drug-likeness (QED) is 0.734. The lowest BCUT2D eigenvalue weighted by Crippen LogP contribution is -2.66. The third kappa shape index (κ3) is 2.58. The van der Waals surface area contributed by atoms with Crippen molar-refractivity contribution in [1.82, 2.24) is 9.80 Å². The van der Waals surface area contributed by atoms with Crippen LogP contribution in [0.5, 0.6) is 0 Å². The van der Waals surface area contributed by atoms with E-state index in [1.807, 2.05) is 9.80 Å². The van der Waals surface area contributed by atoms with Gasteiger partial charge >= 0.3 is 0 Å². The van der Waals surface area contributed by atoms with Gasteiger partial charge in [0.2, 0.25) is 11.8 Å². The minimum Gasteiger partial charge on any atom is -0.329 e. The molecule has 0 aromatic rings. The smallest absolute Gasteiger partial charge is 0.246 e. The second-order valence-corrected chi connectivity index (χ2v) is 7.27. The summed E-state index contributed by atoms with van der Waals surface area (Å²) in [7, 11) is 0. The number of piperazine rings is 1. The van der Waals surface area contributed by atoms with Crippen LogP contribution in [0, 0.1) is 5.92 Å². The number of nitrogens with zero attached hydrogens (tertiary/aromatic N) is 2. The van der Waals surface area contributed by atoms with E-state index in [1.165, 1.54) is 25.7 Å². The van der Waals surface area contributed by atoms with Gasteiger partial charge in [-0.3, -0.25) is 9.59 Å². The number of rotatable bonds is 2. The second kappa shape index (κ2) is 5.98. The normalized spacial score (nSPS) is 31.8. The van der Waals surface area contributed by atoms with Gasteiger partial charge in [0.15, 0.2) is 0 Å². The van der Waals surface area contributed by atoms with E-state index in [-0.39, 0.29) is 29.8 Å². The van der Waals surface area contributed by atoms with Gasteiger partial charge in [-0.2, -0.15) is 0 Å². The molecule has 118 valence electrons. The lowest BCUT2D eigenvalue weighted by molar-refractivity contribution is -0.164. The molecule has 3 rings (SSSR count). The fraction of sp³-hybridized carbons (Fsp3) is 0.882. The van der Waals surface area contributed by atoms with Gasteiger partial charge in [0.05, 0.1) is 0 Å². The maximum Gasteiger partial charge on any atom is 0.246 e. The molecular formula is C17H28N2O2. The third-order valence-electron chi connectivity index (χ3n) is 5.48. The van der Waals surface area contributed by atoms with Crippen LogP contribution in [-0.2, 0) is 9.59 Å². The van der Waals surface area contributed by atoms with Crippen molar-refractivity contribution in [3.05, 3.63) is 0 Å². The first kappa shape index (κ1) is 14.9. The minimum absolute atomic E-state index is 0.157. The molecule has 4 heteroatoms. The highest BCUT2D eigenvalue weighted by molar-refractivity contribution is 5.97. The van der Waals surface area contributed by atoms with E-state index in [9.17, 15) is 9.59 Å². The van der Waals surface area contributed by atoms with E-state index in [2.05, 4.69) is 13.8 Å². The largest absolute Gasteiger partial charge is 0.329 e. The molecule has 2 saturated heterocycles. The Morgan fingerprint density at radius 1 is 0.905 bits per heavy atom. The zero-order valence-corrected chi connectivity index (χ0v) is 13.4. The zero-order valence-electron chi connectivity index (χ0n) is 13.4. The van der Waals surface area contributed by atoms with Crippen molar-refractivity contribution in [3.63, 3.8) is 0 Å². The molecule has 2 atom stereocenters. The molecule has 0 aromatic heterocycles. The Balaban J connectivity index is 1.89. The zero-order chi connectivity index (χ0) is 15.0. The molecule has 2 unspecified atom stereocenters. The van der Waals surface area contributed by atoms with E-state index in [0.717, 1.165) is 32.2 Å². The molecule has 0 N–H and O–H groups in total. The number of carbonyl (C=O) groups excluding carboxylic acids is 2. The third-order valence-corrected chi connectivity index (χ3v) is 5.48. The van der Waals surface area contributed by atoms with Crippen molar-refractivity contribution >= 4 is 11.8 Å². The van der Waals surface area contributed by atoms with Crippen molar-refractivity contribution in [2.75, 3.05) is 6.54 Å². The summed E-state index contributed by atoms with van der Waals surface area (Å²) >= 11 is 0. The van der Waals surface area contributed by atoms with Crippen LogP contribution in [0.25, 0.3) is 0 Å². The summed E-state index contributed by atoms with van der Waals surface area (Å²) in [6, 6.07) is -0.0928. The van der Waals surface area contributed by atoms with Crippen molar-refractivity contribution < 1.29 is 9.59 Å². The standard InChI is InChI=1S/C17H28N2O2/c1-12(2)15-17(21)18-11-7-10-14(18)16(20)19(15)13-8-5-3-4-6-9-13/h12-15H,3-11H2,1-2H3. The van der Waals surface area contributed by atoms with Gasteiger partial charge in [-0.1, -0.05) is 39.5 Å². The Morgan fingerprint density at radius 3 is 2.19 bits per heavy atom. The number of hydrogen-bond donors (Lipinski definition) is 0. The summed E-state index contributed by atoms with van der Waals surface area (Å²) in [6.07, 6.45) is 8.93. The molecule has 3 fully saturated rings. The van der Waals surface area contributed by atoms with Crippen LogP contribution in [0.3, 0.4) is 0 Å². The molecule has 21 heavy (non-hydrogen) atoms. The van der Waals surface area contributed by atoms with E-state index in [0.29, 0.717) is 6.04 Å². The van der Waals surface area contributed by atoms with Gasteiger partial charge in [-0.15, -0.1) is 0 Å². The van der Waals surface area contributed by atoms with Crippen LogP contribution in [0.15, 0.2) is 0 Å². The van der Waals surface area contributed by atoms with Gasteiger partial charge in [0.1, 0.15) is 12.1 Å². The summed E-state index contributed by atoms with van der Waals surface area (Å²) in [6.45, 7) is 4.93. The van der Waals surface area contributed by atoms with Crippen LogP contribution < -0.4 is 0 Å². The average Bonchev–Trinajstić information content (AvgIpc) is 2.79. The lowest BCUT2D eigenvalue weighted by atomic mass is 9.92. The predicted octanol–water partition coefficient (Wildman–Crippen LogP) is 2.57. The molecule has 2 amide bonds. The molecule has 0 radical (unpaired) electrons. The Kier molecular flexibility index (Phi) is 4.23. The Bertz CT molecular complexity index is 413. The molecule has 1 saturated carbocycles. The molecule has 1 aliphatic carbocycles. The maximum atomic E-state index is 13.0. The summed E-state index contributed by atoms with van der Waals surface area (Å²) in [5, 5.41) is 0. The first-order valence-electron chi connectivity index (χ1n) is 8.74. The van der Waals surface area contributed by atoms with Crippen LogP contribution in [-0.4, -0.2) is 46.3 Å². The predicted molar refractivity (Wildman–Crippen MR) is 81.7 cm³/mol. The topological polar surface area (TPSA) is 40.6 Å². The fourth-order valence-electron chi connectivity index (χ4n) is 4.43. The van der Waals surface area contributed by atoms with Crippen LogP contribution >= 0.6 is 0 Å². The van der Waals surface area contributed by atoms with Crippen LogP contribution in [0.2, 0.25) is 0 Å². The monoisotopic (exact) mass is 292 g/mol. The molecular weight excluding hydrogens is 264 g/mol. The van der Waals surface area contributed by atoms with E-state index in [4.69, 9.17) is 0 Å². The second-order valence-electron chi connectivity index (χ2n) is 7.27. The fourth-order valence-corrected chi connectivity index (χ4v) is 4.43. The number of fused-ring (bicyclic) bond motifs is 1. The van der Waals surface area contributed by atoms with Gasteiger partial charge in [-0.25, -0.2) is 0 Å². The van der Waals surface area contributed by atoms with Crippen LogP contribution in [0.1, 0.15) is 65.2 Å². The summed E-state index contributed by atoms with van der Waals surface area (Å²) in [5.41, 5.74) is 0. The molecule has 0 spiro atoms. The SMILES string of the molecule is CC(C)C1C(=O)N2CCCC2C(=O)N1C1CCCCCC1.